The van der Waals surface area contributed by atoms with Gasteiger partial charge < -0.3 is 4.74 Å². The number of amides is 1. The molecule has 0 aliphatic rings. The van der Waals surface area contributed by atoms with Gasteiger partial charge in [-0.25, -0.2) is 5.43 Å². The number of hydrazone groups is 1. The van der Waals surface area contributed by atoms with Crippen LogP contribution in [0.4, 0.5) is 0 Å². The lowest BCUT2D eigenvalue weighted by Crippen LogP contribution is -2.24. The van der Waals surface area contributed by atoms with Gasteiger partial charge in [0.1, 0.15) is 12.3 Å². The second-order valence-corrected chi connectivity index (χ2v) is 5.63. The maximum Gasteiger partial charge on any atom is 0.261 e. The van der Waals surface area contributed by atoms with Crippen LogP contribution in [-0.2, 0) is 11.3 Å². The zero-order valence-electron chi connectivity index (χ0n) is 12.6. The molecule has 1 aromatic carbocycles. The number of nitrogens with zero attached hydrogens (tertiary/aromatic N) is 3. The van der Waals surface area contributed by atoms with Gasteiger partial charge in [-0.05, 0) is 59.6 Å². The largest absolute Gasteiger partial charge is 0.496 e. The zero-order chi connectivity index (χ0) is 16.1. The number of aromatic nitrogens is 2. The summed E-state index contributed by atoms with van der Waals surface area (Å²) in [6.45, 7) is 3.94. The van der Waals surface area contributed by atoms with Gasteiger partial charge in [0.15, 0.2) is 0 Å². The van der Waals surface area contributed by atoms with Crippen LogP contribution in [0.25, 0.3) is 0 Å². The van der Waals surface area contributed by atoms with E-state index in [0.717, 1.165) is 27.2 Å². The molecule has 0 spiro atoms. The number of rotatable bonds is 5. The summed E-state index contributed by atoms with van der Waals surface area (Å²) in [6, 6.07) is 7.45. The topological polar surface area (TPSA) is 68.5 Å². The monoisotopic (exact) mass is 364 g/mol. The Bertz CT molecular complexity index is 710. The molecule has 1 N–H and O–H groups in total. The molecule has 116 valence electrons. The van der Waals surface area contributed by atoms with Gasteiger partial charge in [0.25, 0.3) is 5.91 Å². The van der Waals surface area contributed by atoms with Gasteiger partial charge in [0.2, 0.25) is 0 Å². The average Bonchev–Trinajstić information content (AvgIpc) is 2.77. The highest BCUT2D eigenvalue weighted by Gasteiger charge is 2.06. The SMILES string of the molecule is COc1ccc(/C=N\NC(=O)Cn2nc(C)cc2C)cc1Br. The van der Waals surface area contributed by atoms with Crippen LogP contribution in [0.15, 0.2) is 33.8 Å². The second-order valence-electron chi connectivity index (χ2n) is 4.77. The molecule has 7 heteroatoms. The Balaban J connectivity index is 1.93. The third-order valence-corrected chi connectivity index (χ3v) is 3.60. The predicted molar refractivity (Wildman–Crippen MR) is 88.1 cm³/mol. The minimum Gasteiger partial charge on any atom is -0.496 e. The molecule has 0 radical (unpaired) electrons. The first-order valence-electron chi connectivity index (χ1n) is 6.66. The van der Waals surface area contributed by atoms with E-state index in [1.165, 1.54) is 0 Å². The van der Waals surface area contributed by atoms with Gasteiger partial charge in [-0.2, -0.15) is 10.2 Å². The second kappa shape index (κ2) is 7.22. The number of hydrogen-bond donors (Lipinski definition) is 1. The Morgan fingerprint density at radius 3 is 2.82 bits per heavy atom. The summed E-state index contributed by atoms with van der Waals surface area (Å²) >= 11 is 3.40. The molecule has 0 bridgehead atoms. The number of benzene rings is 1. The van der Waals surface area contributed by atoms with Crippen LogP contribution >= 0.6 is 15.9 Å². The summed E-state index contributed by atoms with van der Waals surface area (Å²) < 4.78 is 7.62. The van der Waals surface area contributed by atoms with Crippen LogP contribution in [0.3, 0.4) is 0 Å². The number of methoxy groups -OCH3 is 1. The third-order valence-electron chi connectivity index (χ3n) is 2.98. The quantitative estimate of drug-likeness (QED) is 0.654. The maximum atomic E-state index is 11.8. The number of carbonyl (C=O) groups is 1. The molecule has 0 aliphatic heterocycles. The van der Waals surface area contributed by atoms with E-state index >= 15 is 0 Å². The van der Waals surface area contributed by atoms with Crippen LogP contribution in [0.2, 0.25) is 0 Å². The molecule has 1 heterocycles. The van der Waals surface area contributed by atoms with Crippen molar-refractivity contribution in [1.82, 2.24) is 15.2 Å². The molecule has 0 aliphatic carbocycles. The Morgan fingerprint density at radius 2 is 2.23 bits per heavy atom. The molecule has 0 atom stereocenters. The Labute approximate surface area is 137 Å². The highest BCUT2D eigenvalue weighted by atomic mass is 79.9. The molecule has 0 fully saturated rings. The fourth-order valence-electron chi connectivity index (χ4n) is 1.95. The lowest BCUT2D eigenvalue weighted by atomic mass is 10.2. The lowest BCUT2D eigenvalue weighted by molar-refractivity contribution is -0.121. The third kappa shape index (κ3) is 4.17. The molecular formula is C15H17BrN4O2. The average molecular weight is 365 g/mol. The van der Waals surface area contributed by atoms with Crippen molar-refractivity contribution in [1.29, 1.82) is 0 Å². The van der Waals surface area contributed by atoms with E-state index in [4.69, 9.17) is 4.74 Å². The van der Waals surface area contributed by atoms with Crippen molar-refractivity contribution in [2.24, 2.45) is 5.10 Å². The molecule has 0 saturated carbocycles. The Morgan fingerprint density at radius 1 is 1.45 bits per heavy atom. The molecule has 2 rings (SSSR count). The standard InChI is InChI=1S/C15H17BrN4O2/c1-10-6-11(2)20(19-10)9-15(21)18-17-8-12-4-5-14(22-3)13(16)7-12/h4-8H,9H2,1-3H3,(H,18,21)/b17-8-. The highest BCUT2D eigenvalue weighted by molar-refractivity contribution is 9.10. The van der Waals surface area contributed by atoms with Crippen molar-refractivity contribution in [2.75, 3.05) is 7.11 Å². The zero-order valence-corrected chi connectivity index (χ0v) is 14.2. The van der Waals surface area contributed by atoms with E-state index < -0.39 is 0 Å². The van der Waals surface area contributed by atoms with Crippen molar-refractivity contribution in [3.05, 3.63) is 45.7 Å². The van der Waals surface area contributed by atoms with E-state index in [9.17, 15) is 4.79 Å². The van der Waals surface area contributed by atoms with Gasteiger partial charge >= 0.3 is 0 Å². The number of nitrogens with one attached hydrogen (secondary N) is 1. The first-order chi connectivity index (χ1) is 10.5. The summed E-state index contributed by atoms with van der Waals surface area (Å²) in [5.41, 5.74) is 5.16. The number of hydrogen-bond acceptors (Lipinski definition) is 4. The van der Waals surface area contributed by atoms with Gasteiger partial charge in [0.05, 0.1) is 23.5 Å². The number of aryl methyl sites for hydroxylation is 2. The van der Waals surface area contributed by atoms with E-state index in [-0.39, 0.29) is 12.5 Å². The molecular weight excluding hydrogens is 348 g/mol. The minimum absolute atomic E-state index is 0.142. The fraction of sp³-hybridized carbons (Fsp3) is 0.267. The van der Waals surface area contributed by atoms with Gasteiger partial charge in [-0.15, -0.1) is 0 Å². The summed E-state index contributed by atoms with van der Waals surface area (Å²) in [5.74, 6) is 0.515. The van der Waals surface area contributed by atoms with Gasteiger partial charge in [-0.3, -0.25) is 9.48 Å². The molecule has 2 aromatic rings. The van der Waals surface area contributed by atoms with Gasteiger partial charge in [-0.1, -0.05) is 0 Å². The molecule has 0 saturated heterocycles. The molecule has 1 amide bonds. The summed E-state index contributed by atoms with van der Waals surface area (Å²) in [7, 11) is 1.60. The van der Waals surface area contributed by atoms with Crippen LogP contribution in [0, 0.1) is 13.8 Å². The molecule has 6 nitrogen and oxygen atoms in total. The van der Waals surface area contributed by atoms with Crippen molar-refractivity contribution in [3.63, 3.8) is 0 Å². The summed E-state index contributed by atoms with van der Waals surface area (Å²) in [4.78, 5) is 11.8. The van der Waals surface area contributed by atoms with Crippen molar-refractivity contribution >= 4 is 28.1 Å². The van der Waals surface area contributed by atoms with Gasteiger partial charge in [0, 0.05) is 5.69 Å². The van der Waals surface area contributed by atoms with Crippen molar-refractivity contribution in [2.45, 2.75) is 20.4 Å². The normalized spacial score (nSPS) is 10.9. The number of halogens is 1. The summed E-state index contributed by atoms with van der Waals surface area (Å²) in [6.07, 6.45) is 1.57. The van der Waals surface area contributed by atoms with E-state index in [1.807, 2.05) is 38.1 Å². The number of carbonyl (C=O) groups excluding carboxylic acids is 1. The molecule has 1 aromatic heterocycles. The van der Waals surface area contributed by atoms with Crippen LogP contribution in [-0.4, -0.2) is 29.0 Å². The minimum atomic E-state index is -0.227. The van der Waals surface area contributed by atoms with Crippen molar-refractivity contribution < 1.29 is 9.53 Å². The van der Waals surface area contributed by atoms with Crippen LogP contribution in [0.5, 0.6) is 5.75 Å². The smallest absolute Gasteiger partial charge is 0.261 e. The summed E-state index contributed by atoms with van der Waals surface area (Å²) in [5, 5.41) is 8.17. The molecule has 22 heavy (non-hydrogen) atoms. The predicted octanol–water partition coefficient (Wildman–Crippen LogP) is 2.42. The maximum absolute atomic E-state index is 11.8. The first-order valence-corrected chi connectivity index (χ1v) is 7.45. The highest BCUT2D eigenvalue weighted by Crippen LogP contribution is 2.24. The van der Waals surface area contributed by atoms with E-state index in [2.05, 4.69) is 31.6 Å². The Kier molecular flexibility index (Phi) is 5.32. The van der Waals surface area contributed by atoms with E-state index in [0.29, 0.717) is 0 Å². The van der Waals surface area contributed by atoms with Crippen LogP contribution in [0.1, 0.15) is 17.0 Å². The molecule has 0 unspecified atom stereocenters. The first kappa shape index (κ1) is 16.2. The Hall–Kier alpha value is -2.15. The lowest BCUT2D eigenvalue weighted by Gasteiger charge is -2.04. The van der Waals surface area contributed by atoms with Crippen LogP contribution < -0.4 is 10.2 Å². The van der Waals surface area contributed by atoms with Crippen molar-refractivity contribution in [3.8, 4) is 5.75 Å². The van der Waals surface area contributed by atoms with E-state index in [1.54, 1.807) is 18.0 Å². The number of ether oxygens (including phenoxy) is 1. The fourth-order valence-corrected chi connectivity index (χ4v) is 2.51.